The third kappa shape index (κ3) is 3.55. The number of allylic oxidation sites excluding steroid dienone is 1. The molecule has 1 aromatic heterocycles. The Hall–Kier alpha value is -2.85. The molecule has 1 aliphatic rings. The Balaban J connectivity index is 1.59. The minimum absolute atomic E-state index is 0.208. The summed E-state index contributed by atoms with van der Waals surface area (Å²) in [5.41, 5.74) is 2.06. The molecule has 0 bridgehead atoms. The molecule has 26 heavy (non-hydrogen) atoms. The number of halogens is 1. The molecule has 0 spiro atoms. The Bertz CT molecular complexity index is 904. The number of hydrogen-bond acceptors (Lipinski definition) is 3. The predicted octanol–water partition coefficient (Wildman–Crippen LogP) is 5.16. The standard InChI is InChI=1S/C21H18ClNO3/c22-19-9-5-4-8-18(19)21(20-14-24-15-26-20)23-11-10-17(12-23)25-13-16-6-2-1-3-7-16/h1-12,14,21H,13,15H2. The van der Waals surface area contributed by atoms with E-state index in [0.717, 1.165) is 16.9 Å². The highest BCUT2D eigenvalue weighted by molar-refractivity contribution is 6.31. The van der Waals surface area contributed by atoms with Crippen LogP contribution in [0.1, 0.15) is 17.2 Å². The second-order valence-electron chi connectivity index (χ2n) is 5.94. The van der Waals surface area contributed by atoms with Crippen LogP contribution in [0, 0.1) is 0 Å². The minimum atomic E-state index is -0.208. The van der Waals surface area contributed by atoms with Crippen LogP contribution in [-0.4, -0.2) is 11.4 Å². The van der Waals surface area contributed by atoms with Gasteiger partial charge in [0, 0.05) is 23.0 Å². The Kier molecular flexibility index (Phi) is 4.84. The molecule has 1 unspecified atom stereocenters. The zero-order valence-corrected chi connectivity index (χ0v) is 14.8. The van der Waals surface area contributed by atoms with Crippen LogP contribution >= 0.6 is 11.6 Å². The number of nitrogens with zero attached hydrogens (tertiary/aromatic N) is 1. The summed E-state index contributed by atoms with van der Waals surface area (Å²) in [6.07, 6.45) is 5.54. The molecular formula is C21H18ClNO3. The number of ether oxygens (including phenoxy) is 3. The lowest BCUT2D eigenvalue weighted by Gasteiger charge is -2.20. The van der Waals surface area contributed by atoms with Crippen molar-refractivity contribution < 1.29 is 14.2 Å². The van der Waals surface area contributed by atoms with Crippen molar-refractivity contribution in [3.05, 3.63) is 101 Å². The van der Waals surface area contributed by atoms with Crippen LogP contribution in [0.4, 0.5) is 0 Å². The quantitative estimate of drug-likeness (QED) is 0.603. The van der Waals surface area contributed by atoms with Gasteiger partial charge in [-0.05, 0) is 17.7 Å². The molecule has 0 aliphatic carbocycles. The predicted molar refractivity (Wildman–Crippen MR) is 99.9 cm³/mol. The maximum atomic E-state index is 6.43. The molecule has 0 radical (unpaired) electrons. The van der Waals surface area contributed by atoms with Crippen LogP contribution in [0.3, 0.4) is 0 Å². The largest absolute Gasteiger partial charge is 0.487 e. The first kappa shape index (κ1) is 16.6. The summed E-state index contributed by atoms with van der Waals surface area (Å²) >= 11 is 6.43. The fourth-order valence-corrected chi connectivity index (χ4v) is 3.17. The summed E-state index contributed by atoms with van der Waals surface area (Å²) < 4.78 is 18.8. The molecular weight excluding hydrogens is 350 g/mol. The molecule has 2 heterocycles. The van der Waals surface area contributed by atoms with Gasteiger partial charge < -0.3 is 18.8 Å². The maximum Gasteiger partial charge on any atom is 0.229 e. The average molecular weight is 368 g/mol. The van der Waals surface area contributed by atoms with Crippen molar-refractivity contribution >= 4 is 11.6 Å². The van der Waals surface area contributed by atoms with E-state index in [1.807, 2.05) is 77.6 Å². The Morgan fingerprint density at radius 1 is 1.04 bits per heavy atom. The zero-order chi connectivity index (χ0) is 17.8. The van der Waals surface area contributed by atoms with Gasteiger partial charge in [0.2, 0.25) is 6.79 Å². The highest BCUT2D eigenvalue weighted by atomic mass is 35.5. The van der Waals surface area contributed by atoms with E-state index in [-0.39, 0.29) is 12.8 Å². The molecule has 0 saturated carbocycles. The molecule has 0 fully saturated rings. The van der Waals surface area contributed by atoms with Gasteiger partial charge in [-0.15, -0.1) is 0 Å². The summed E-state index contributed by atoms with van der Waals surface area (Å²) in [5.74, 6) is 1.49. The Morgan fingerprint density at radius 3 is 2.62 bits per heavy atom. The lowest BCUT2D eigenvalue weighted by atomic mass is 10.1. The van der Waals surface area contributed by atoms with E-state index in [2.05, 4.69) is 0 Å². The molecule has 4 nitrogen and oxygen atoms in total. The Labute approximate surface area is 157 Å². The van der Waals surface area contributed by atoms with Gasteiger partial charge >= 0.3 is 0 Å². The second-order valence-corrected chi connectivity index (χ2v) is 6.35. The van der Waals surface area contributed by atoms with Crippen LogP contribution in [0.15, 0.2) is 85.1 Å². The van der Waals surface area contributed by atoms with Crippen molar-refractivity contribution in [3.8, 4) is 5.75 Å². The van der Waals surface area contributed by atoms with Gasteiger partial charge in [0.1, 0.15) is 24.7 Å². The van der Waals surface area contributed by atoms with Gasteiger partial charge in [-0.25, -0.2) is 0 Å². The summed E-state index contributed by atoms with van der Waals surface area (Å²) in [7, 11) is 0. The van der Waals surface area contributed by atoms with Crippen molar-refractivity contribution in [3.63, 3.8) is 0 Å². The highest BCUT2D eigenvalue weighted by Crippen LogP contribution is 2.35. The number of aromatic nitrogens is 1. The molecule has 4 rings (SSSR count). The molecule has 0 saturated heterocycles. The molecule has 0 N–H and O–H groups in total. The van der Waals surface area contributed by atoms with Crippen molar-refractivity contribution in [1.29, 1.82) is 0 Å². The summed E-state index contributed by atoms with van der Waals surface area (Å²) in [5, 5.41) is 0.675. The summed E-state index contributed by atoms with van der Waals surface area (Å²) in [6, 6.07) is 19.5. The lowest BCUT2D eigenvalue weighted by molar-refractivity contribution is 0.0737. The van der Waals surface area contributed by atoms with Crippen molar-refractivity contribution in [2.75, 3.05) is 6.79 Å². The van der Waals surface area contributed by atoms with Gasteiger partial charge in [-0.3, -0.25) is 0 Å². The first-order valence-corrected chi connectivity index (χ1v) is 8.72. The first-order valence-electron chi connectivity index (χ1n) is 8.34. The van der Waals surface area contributed by atoms with Crippen LogP contribution in [-0.2, 0) is 16.1 Å². The third-order valence-corrected chi connectivity index (χ3v) is 4.54. The van der Waals surface area contributed by atoms with Gasteiger partial charge in [0.15, 0.2) is 5.76 Å². The van der Waals surface area contributed by atoms with Crippen LogP contribution in [0.5, 0.6) is 5.75 Å². The molecule has 3 aromatic rings. The molecule has 132 valence electrons. The van der Waals surface area contributed by atoms with Gasteiger partial charge in [0.05, 0.1) is 0 Å². The lowest BCUT2D eigenvalue weighted by Crippen LogP contribution is -2.13. The molecule has 1 aliphatic heterocycles. The van der Waals surface area contributed by atoms with Gasteiger partial charge in [-0.2, -0.15) is 0 Å². The van der Waals surface area contributed by atoms with E-state index >= 15 is 0 Å². The van der Waals surface area contributed by atoms with E-state index in [1.54, 1.807) is 6.26 Å². The second kappa shape index (κ2) is 7.58. The first-order chi connectivity index (χ1) is 12.8. The molecule has 0 amide bonds. The third-order valence-electron chi connectivity index (χ3n) is 4.20. The minimum Gasteiger partial charge on any atom is -0.487 e. The number of benzene rings is 2. The average Bonchev–Trinajstić information content (AvgIpc) is 3.36. The van der Waals surface area contributed by atoms with Crippen LogP contribution in [0.25, 0.3) is 0 Å². The van der Waals surface area contributed by atoms with Crippen molar-refractivity contribution in [2.24, 2.45) is 0 Å². The molecule has 1 atom stereocenters. The maximum absolute atomic E-state index is 6.43. The van der Waals surface area contributed by atoms with Crippen LogP contribution < -0.4 is 4.74 Å². The smallest absolute Gasteiger partial charge is 0.229 e. The van der Waals surface area contributed by atoms with E-state index in [0.29, 0.717) is 17.4 Å². The fourth-order valence-electron chi connectivity index (χ4n) is 2.93. The highest BCUT2D eigenvalue weighted by Gasteiger charge is 2.25. The van der Waals surface area contributed by atoms with E-state index in [9.17, 15) is 0 Å². The van der Waals surface area contributed by atoms with Crippen molar-refractivity contribution in [2.45, 2.75) is 12.6 Å². The molecule has 5 heteroatoms. The number of hydrogen-bond donors (Lipinski definition) is 0. The molecule has 2 aromatic carbocycles. The Morgan fingerprint density at radius 2 is 1.85 bits per heavy atom. The van der Waals surface area contributed by atoms with E-state index < -0.39 is 0 Å². The number of rotatable bonds is 6. The van der Waals surface area contributed by atoms with E-state index in [1.165, 1.54) is 0 Å². The summed E-state index contributed by atoms with van der Waals surface area (Å²) in [6.45, 7) is 0.735. The monoisotopic (exact) mass is 367 g/mol. The fraction of sp³-hybridized carbons (Fsp3) is 0.143. The van der Waals surface area contributed by atoms with Gasteiger partial charge in [0.25, 0.3) is 0 Å². The topological polar surface area (TPSA) is 32.6 Å². The summed E-state index contributed by atoms with van der Waals surface area (Å²) in [4.78, 5) is 0. The van der Waals surface area contributed by atoms with E-state index in [4.69, 9.17) is 25.8 Å². The van der Waals surface area contributed by atoms with Gasteiger partial charge in [-0.1, -0.05) is 60.1 Å². The SMILES string of the molecule is Clc1ccccc1C(C1=COCO1)n1ccc(OCc2ccccc2)c1. The van der Waals surface area contributed by atoms with Crippen LogP contribution in [0.2, 0.25) is 5.02 Å². The zero-order valence-electron chi connectivity index (χ0n) is 14.0. The normalized spacial score (nSPS) is 14.3. The van der Waals surface area contributed by atoms with Crippen molar-refractivity contribution in [1.82, 2.24) is 4.57 Å².